The largest absolute Gasteiger partial charge is 0.383 e. The van der Waals surface area contributed by atoms with Crippen LogP contribution in [0.5, 0.6) is 0 Å². The highest BCUT2D eigenvalue weighted by atomic mass is 16.5. The fourth-order valence-corrected chi connectivity index (χ4v) is 2.54. The lowest BCUT2D eigenvalue weighted by atomic mass is 10.1. The second-order valence-corrected chi connectivity index (χ2v) is 4.52. The van der Waals surface area contributed by atoms with Crippen LogP contribution in [0, 0.1) is 6.92 Å². The van der Waals surface area contributed by atoms with Crippen molar-refractivity contribution < 1.29 is 4.74 Å². The second-order valence-electron chi connectivity index (χ2n) is 4.52. The number of fused-ring (bicyclic) bond motifs is 1. The maximum Gasteiger partial charge on any atom is 0.145 e. The molecule has 2 aromatic rings. The zero-order chi connectivity index (χ0) is 11.8. The first kappa shape index (κ1) is 10.5. The number of hydrogen-bond acceptors (Lipinski definition) is 4. The van der Waals surface area contributed by atoms with E-state index in [2.05, 4.69) is 27.7 Å². The Morgan fingerprint density at radius 3 is 2.88 bits per heavy atom. The number of nitrogen functional groups attached to an aromatic ring is 1. The molecule has 5 heteroatoms. The first-order valence-corrected chi connectivity index (χ1v) is 5.92. The molecular weight excluding hydrogens is 216 g/mol. The average molecular weight is 232 g/mol. The molecule has 1 aliphatic rings. The predicted molar refractivity (Wildman–Crippen MR) is 65.8 cm³/mol. The van der Waals surface area contributed by atoms with Crippen LogP contribution in [0.15, 0.2) is 12.5 Å². The molecule has 0 unspecified atom stereocenters. The Morgan fingerprint density at radius 2 is 2.12 bits per heavy atom. The topological polar surface area (TPSA) is 66.0 Å². The summed E-state index contributed by atoms with van der Waals surface area (Å²) in [5.41, 5.74) is 8.00. The molecule has 0 saturated carbocycles. The molecule has 2 aromatic heterocycles. The molecule has 3 rings (SSSR count). The summed E-state index contributed by atoms with van der Waals surface area (Å²) in [5.74, 6) is 0.568. The molecule has 90 valence electrons. The van der Waals surface area contributed by atoms with Gasteiger partial charge in [0, 0.05) is 25.5 Å². The van der Waals surface area contributed by atoms with Gasteiger partial charge in [-0.25, -0.2) is 9.97 Å². The fraction of sp³-hybridized carbons (Fsp3) is 0.500. The van der Waals surface area contributed by atoms with Gasteiger partial charge in [-0.2, -0.15) is 0 Å². The van der Waals surface area contributed by atoms with E-state index >= 15 is 0 Å². The molecule has 1 aliphatic heterocycles. The number of nitrogens with two attached hydrogens (primary N) is 1. The van der Waals surface area contributed by atoms with Gasteiger partial charge in [-0.1, -0.05) is 0 Å². The SMILES string of the molecule is Cc1cn(C2CCOCC2)c2ncnc(N)c12. The van der Waals surface area contributed by atoms with E-state index in [4.69, 9.17) is 10.5 Å². The van der Waals surface area contributed by atoms with Crippen LogP contribution in [-0.4, -0.2) is 27.7 Å². The van der Waals surface area contributed by atoms with Crippen molar-refractivity contribution in [3.63, 3.8) is 0 Å². The summed E-state index contributed by atoms with van der Waals surface area (Å²) in [6, 6.07) is 0.467. The van der Waals surface area contributed by atoms with Crippen LogP contribution in [0.1, 0.15) is 24.4 Å². The number of nitrogens with zero attached hydrogens (tertiary/aromatic N) is 3. The van der Waals surface area contributed by atoms with Gasteiger partial charge >= 0.3 is 0 Å². The normalized spacial score (nSPS) is 17.7. The van der Waals surface area contributed by atoms with Crippen molar-refractivity contribution in [2.75, 3.05) is 18.9 Å². The number of hydrogen-bond donors (Lipinski definition) is 1. The number of anilines is 1. The summed E-state index contributed by atoms with van der Waals surface area (Å²) in [4.78, 5) is 8.42. The first-order valence-electron chi connectivity index (χ1n) is 5.92. The minimum Gasteiger partial charge on any atom is -0.383 e. The quantitative estimate of drug-likeness (QED) is 0.812. The van der Waals surface area contributed by atoms with Gasteiger partial charge in [-0.3, -0.25) is 0 Å². The van der Waals surface area contributed by atoms with E-state index < -0.39 is 0 Å². The summed E-state index contributed by atoms with van der Waals surface area (Å²) in [6.07, 6.45) is 5.74. The van der Waals surface area contributed by atoms with Gasteiger partial charge in [0.2, 0.25) is 0 Å². The molecular formula is C12H16N4O. The summed E-state index contributed by atoms with van der Waals surface area (Å²) in [7, 11) is 0. The van der Waals surface area contributed by atoms with Gasteiger partial charge in [-0.15, -0.1) is 0 Å². The molecule has 0 radical (unpaired) electrons. The Bertz CT molecular complexity index is 543. The number of aryl methyl sites for hydroxylation is 1. The van der Waals surface area contributed by atoms with E-state index in [0.29, 0.717) is 11.9 Å². The molecule has 0 bridgehead atoms. The van der Waals surface area contributed by atoms with Crippen LogP contribution in [0.25, 0.3) is 11.0 Å². The number of aromatic nitrogens is 3. The Kier molecular flexibility index (Phi) is 2.48. The van der Waals surface area contributed by atoms with Crippen LogP contribution >= 0.6 is 0 Å². The Hall–Kier alpha value is -1.62. The highest BCUT2D eigenvalue weighted by Gasteiger charge is 2.19. The summed E-state index contributed by atoms with van der Waals surface area (Å²) >= 11 is 0. The van der Waals surface area contributed by atoms with Crippen molar-refractivity contribution in [3.8, 4) is 0 Å². The smallest absolute Gasteiger partial charge is 0.145 e. The molecule has 0 spiro atoms. The lowest BCUT2D eigenvalue weighted by Gasteiger charge is -2.24. The van der Waals surface area contributed by atoms with Crippen LogP contribution in [0.4, 0.5) is 5.82 Å². The maximum atomic E-state index is 5.91. The van der Waals surface area contributed by atoms with Crippen molar-refractivity contribution in [3.05, 3.63) is 18.1 Å². The van der Waals surface area contributed by atoms with Gasteiger partial charge in [0.15, 0.2) is 0 Å². The van der Waals surface area contributed by atoms with Crippen LogP contribution in [0.2, 0.25) is 0 Å². The lowest BCUT2D eigenvalue weighted by Crippen LogP contribution is -2.19. The molecule has 0 aliphatic carbocycles. The van der Waals surface area contributed by atoms with Crippen molar-refractivity contribution >= 4 is 16.9 Å². The first-order chi connectivity index (χ1) is 8.27. The van der Waals surface area contributed by atoms with Gasteiger partial charge in [0.05, 0.1) is 5.39 Å². The summed E-state index contributed by atoms with van der Waals surface area (Å²) in [6.45, 7) is 3.70. The molecule has 5 nitrogen and oxygen atoms in total. The van der Waals surface area contributed by atoms with Crippen LogP contribution in [-0.2, 0) is 4.74 Å². The van der Waals surface area contributed by atoms with E-state index in [1.165, 1.54) is 6.33 Å². The molecule has 0 atom stereocenters. The summed E-state index contributed by atoms with van der Waals surface area (Å²) < 4.78 is 7.62. The van der Waals surface area contributed by atoms with E-state index in [0.717, 1.165) is 42.7 Å². The molecule has 1 fully saturated rings. The molecule has 1 saturated heterocycles. The predicted octanol–water partition coefficient (Wildman–Crippen LogP) is 1.67. The lowest BCUT2D eigenvalue weighted by molar-refractivity contribution is 0.0706. The third-order valence-electron chi connectivity index (χ3n) is 3.41. The number of ether oxygens (including phenoxy) is 1. The van der Waals surface area contributed by atoms with E-state index in [-0.39, 0.29) is 0 Å². The van der Waals surface area contributed by atoms with Crippen LogP contribution < -0.4 is 5.73 Å². The number of rotatable bonds is 1. The average Bonchev–Trinajstić information content (AvgIpc) is 2.69. The second kappa shape index (κ2) is 4.00. The zero-order valence-corrected chi connectivity index (χ0v) is 9.89. The van der Waals surface area contributed by atoms with Crippen molar-refractivity contribution in [1.82, 2.24) is 14.5 Å². The van der Waals surface area contributed by atoms with Gasteiger partial charge in [0.1, 0.15) is 17.8 Å². The minimum atomic E-state index is 0.467. The molecule has 0 aromatic carbocycles. The maximum absolute atomic E-state index is 5.91. The van der Waals surface area contributed by atoms with Crippen molar-refractivity contribution in [1.29, 1.82) is 0 Å². The standard InChI is InChI=1S/C12H16N4O/c1-8-6-16(9-2-4-17-5-3-9)12-10(8)11(13)14-7-15-12/h6-7,9H,2-5H2,1H3,(H2,13,14,15). The fourth-order valence-electron chi connectivity index (χ4n) is 2.54. The Labute approximate surface area is 99.6 Å². The molecule has 2 N–H and O–H groups in total. The van der Waals surface area contributed by atoms with Crippen molar-refractivity contribution in [2.45, 2.75) is 25.8 Å². The summed E-state index contributed by atoms with van der Waals surface area (Å²) in [5, 5.41) is 0.985. The van der Waals surface area contributed by atoms with E-state index in [1.807, 2.05) is 0 Å². The third-order valence-corrected chi connectivity index (χ3v) is 3.41. The van der Waals surface area contributed by atoms with E-state index in [1.54, 1.807) is 0 Å². The Morgan fingerprint density at radius 1 is 1.35 bits per heavy atom. The minimum absolute atomic E-state index is 0.467. The van der Waals surface area contributed by atoms with E-state index in [9.17, 15) is 0 Å². The van der Waals surface area contributed by atoms with Crippen LogP contribution in [0.3, 0.4) is 0 Å². The zero-order valence-electron chi connectivity index (χ0n) is 9.89. The highest BCUT2D eigenvalue weighted by Crippen LogP contribution is 2.29. The van der Waals surface area contributed by atoms with Gasteiger partial charge in [0.25, 0.3) is 0 Å². The van der Waals surface area contributed by atoms with Gasteiger partial charge < -0.3 is 15.0 Å². The third kappa shape index (κ3) is 1.67. The molecule has 3 heterocycles. The molecule has 17 heavy (non-hydrogen) atoms. The monoisotopic (exact) mass is 232 g/mol. The highest BCUT2D eigenvalue weighted by molar-refractivity contribution is 5.89. The Balaban J connectivity index is 2.13. The van der Waals surface area contributed by atoms with Gasteiger partial charge in [-0.05, 0) is 25.3 Å². The van der Waals surface area contributed by atoms with Crippen molar-refractivity contribution in [2.24, 2.45) is 0 Å². The molecule has 0 amide bonds.